The summed E-state index contributed by atoms with van der Waals surface area (Å²) in [6.07, 6.45) is 9.54. The van der Waals surface area contributed by atoms with Crippen LogP contribution in [-0.4, -0.2) is 52.6 Å². The van der Waals surface area contributed by atoms with Gasteiger partial charge in [0.1, 0.15) is 11.6 Å². The number of carbonyl (C=O) groups excluding carboxylic acids is 1. The molecule has 0 unspecified atom stereocenters. The molecule has 4 bridgehead atoms. The molecule has 5 aliphatic rings. The lowest BCUT2D eigenvalue weighted by molar-refractivity contribution is -0.0157. The highest BCUT2D eigenvalue weighted by Gasteiger charge is 2.51. The fraction of sp³-hybridized carbons (Fsp3) is 0.621. The number of anilines is 1. The van der Waals surface area contributed by atoms with E-state index in [0.717, 1.165) is 74.1 Å². The first-order chi connectivity index (χ1) is 17.0. The van der Waals surface area contributed by atoms with E-state index in [-0.39, 0.29) is 11.6 Å². The summed E-state index contributed by atoms with van der Waals surface area (Å²) in [5, 5.41) is 3.56. The predicted molar refractivity (Wildman–Crippen MR) is 139 cm³/mol. The van der Waals surface area contributed by atoms with Gasteiger partial charge in [-0.2, -0.15) is 0 Å². The maximum Gasteiger partial charge on any atom is 0.317 e. The van der Waals surface area contributed by atoms with Crippen LogP contribution in [0.25, 0.3) is 0 Å². The molecule has 1 saturated heterocycles. The summed E-state index contributed by atoms with van der Waals surface area (Å²) in [4.78, 5) is 27.5. The Morgan fingerprint density at radius 3 is 2.20 bits per heavy atom. The Morgan fingerprint density at radius 1 is 0.971 bits per heavy atom. The van der Waals surface area contributed by atoms with E-state index in [1.54, 1.807) is 0 Å². The van der Waals surface area contributed by atoms with Crippen molar-refractivity contribution >= 4 is 11.8 Å². The van der Waals surface area contributed by atoms with Gasteiger partial charge in [0.25, 0.3) is 0 Å². The van der Waals surface area contributed by atoms with Crippen LogP contribution < -0.4 is 10.2 Å². The zero-order chi connectivity index (χ0) is 24.0. The van der Waals surface area contributed by atoms with Crippen LogP contribution in [-0.2, 0) is 12.8 Å². The van der Waals surface area contributed by atoms with Crippen molar-refractivity contribution in [3.05, 3.63) is 53.0 Å². The lowest BCUT2D eigenvalue weighted by Crippen LogP contribution is -2.63. The molecule has 6 nitrogen and oxygen atoms in total. The number of hydrogen-bond donors (Lipinski definition) is 1. The number of nitrogens with zero attached hydrogens (tertiary/aromatic N) is 4. The van der Waals surface area contributed by atoms with E-state index in [2.05, 4.69) is 47.5 Å². The van der Waals surface area contributed by atoms with Crippen molar-refractivity contribution in [1.82, 2.24) is 20.2 Å². The lowest BCUT2D eigenvalue weighted by atomic mass is 9.53. The van der Waals surface area contributed by atoms with Crippen molar-refractivity contribution < 1.29 is 4.79 Å². The molecule has 186 valence electrons. The maximum atomic E-state index is 13.4. The summed E-state index contributed by atoms with van der Waals surface area (Å²) in [7, 11) is 0. The topological polar surface area (TPSA) is 61.4 Å². The number of piperazine rings is 1. The SMILES string of the molecule is CCc1nc(C)nc(N2CCN(C(=O)NC34CC5CC(CC(C5)C3)C4)CC2)c1Cc1ccccc1. The number of aryl methyl sites for hydroxylation is 2. The van der Waals surface area contributed by atoms with Crippen molar-refractivity contribution in [2.75, 3.05) is 31.1 Å². The smallest absolute Gasteiger partial charge is 0.317 e. The average molecular weight is 474 g/mol. The first-order valence-corrected chi connectivity index (χ1v) is 13.7. The lowest BCUT2D eigenvalue weighted by Gasteiger charge is -2.57. The molecule has 4 aliphatic carbocycles. The summed E-state index contributed by atoms with van der Waals surface area (Å²) in [6.45, 7) is 7.28. The van der Waals surface area contributed by atoms with Gasteiger partial charge in [-0.05, 0) is 75.2 Å². The number of nitrogens with one attached hydrogen (secondary N) is 1. The zero-order valence-corrected chi connectivity index (χ0v) is 21.3. The molecule has 2 amide bonds. The van der Waals surface area contributed by atoms with Gasteiger partial charge in [0.05, 0.1) is 0 Å². The highest BCUT2D eigenvalue weighted by atomic mass is 16.2. The molecule has 5 fully saturated rings. The van der Waals surface area contributed by atoms with Crippen LogP contribution in [0.2, 0.25) is 0 Å². The second kappa shape index (κ2) is 9.11. The van der Waals surface area contributed by atoms with Crippen LogP contribution in [0.3, 0.4) is 0 Å². The number of aromatic nitrogens is 2. The Balaban J connectivity index is 1.15. The maximum absolute atomic E-state index is 13.4. The van der Waals surface area contributed by atoms with E-state index in [0.29, 0.717) is 0 Å². The fourth-order valence-corrected chi connectivity index (χ4v) is 7.86. The average Bonchev–Trinajstić information content (AvgIpc) is 2.84. The first-order valence-electron chi connectivity index (χ1n) is 13.7. The Hall–Kier alpha value is -2.63. The van der Waals surface area contributed by atoms with Gasteiger partial charge >= 0.3 is 6.03 Å². The summed E-state index contributed by atoms with van der Waals surface area (Å²) < 4.78 is 0. The van der Waals surface area contributed by atoms with E-state index in [1.807, 2.05) is 11.8 Å². The van der Waals surface area contributed by atoms with E-state index in [1.165, 1.54) is 49.7 Å². The minimum absolute atomic E-state index is 0.0750. The molecule has 6 heteroatoms. The predicted octanol–water partition coefficient (Wildman–Crippen LogP) is 4.74. The Labute approximate surface area is 209 Å². The highest BCUT2D eigenvalue weighted by Crippen LogP contribution is 2.55. The van der Waals surface area contributed by atoms with Crippen LogP contribution in [0, 0.1) is 24.7 Å². The number of amides is 2. The molecule has 1 aromatic carbocycles. The highest BCUT2D eigenvalue weighted by molar-refractivity contribution is 5.75. The van der Waals surface area contributed by atoms with E-state index < -0.39 is 0 Å². The Morgan fingerprint density at radius 2 is 1.60 bits per heavy atom. The molecule has 0 radical (unpaired) electrons. The third-order valence-electron chi connectivity index (χ3n) is 9.02. The summed E-state index contributed by atoms with van der Waals surface area (Å²) in [5.41, 5.74) is 3.73. The van der Waals surface area contributed by atoms with E-state index in [4.69, 9.17) is 9.97 Å². The van der Waals surface area contributed by atoms with Gasteiger partial charge in [-0.25, -0.2) is 14.8 Å². The molecule has 1 aromatic heterocycles. The van der Waals surface area contributed by atoms with E-state index in [9.17, 15) is 4.79 Å². The van der Waals surface area contributed by atoms with E-state index >= 15 is 0 Å². The summed E-state index contributed by atoms with van der Waals surface area (Å²) >= 11 is 0. The Bertz CT molecular complexity index is 1040. The van der Waals surface area contributed by atoms with Gasteiger partial charge in [0.2, 0.25) is 0 Å². The van der Waals surface area contributed by atoms with Crippen LogP contribution in [0.5, 0.6) is 0 Å². The molecule has 4 saturated carbocycles. The largest absolute Gasteiger partial charge is 0.353 e. The molecule has 7 rings (SSSR count). The second-order valence-electron chi connectivity index (χ2n) is 11.6. The Kier molecular flexibility index (Phi) is 5.93. The normalized spacial score (nSPS) is 29.5. The summed E-state index contributed by atoms with van der Waals surface area (Å²) in [6, 6.07) is 10.8. The van der Waals surface area contributed by atoms with Crippen molar-refractivity contribution in [2.45, 2.75) is 70.8 Å². The van der Waals surface area contributed by atoms with Gasteiger partial charge in [-0.15, -0.1) is 0 Å². The molecular weight excluding hydrogens is 434 g/mol. The third-order valence-corrected chi connectivity index (χ3v) is 9.02. The molecule has 2 heterocycles. The van der Waals surface area contributed by atoms with Gasteiger partial charge in [0.15, 0.2) is 0 Å². The molecular formula is C29H39N5O. The monoisotopic (exact) mass is 473 g/mol. The van der Waals surface area contributed by atoms with Crippen LogP contribution >= 0.6 is 0 Å². The van der Waals surface area contributed by atoms with Gasteiger partial charge in [-0.1, -0.05) is 37.3 Å². The minimum Gasteiger partial charge on any atom is -0.353 e. The molecule has 1 N–H and O–H groups in total. The quantitative estimate of drug-likeness (QED) is 0.682. The number of hydrogen-bond acceptors (Lipinski definition) is 4. The number of urea groups is 1. The molecule has 1 aliphatic heterocycles. The molecule has 2 aromatic rings. The number of benzene rings is 1. The van der Waals surface area contributed by atoms with Gasteiger partial charge in [-0.3, -0.25) is 0 Å². The van der Waals surface area contributed by atoms with Crippen LogP contribution in [0.4, 0.5) is 10.6 Å². The van der Waals surface area contributed by atoms with Crippen molar-refractivity contribution in [2.24, 2.45) is 17.8 Å². The number of rotatable bonds is 5. The summed E-state index contributed by atoms with van der Waals surface area (Å²) in [5.74, 6) is 4.41. The standard InChI is InChI=1S/C29H39N5O/c1-3-26-25(16-21-7-5-4-6-8-21)27(31-20(2)30-26)33-9-11-34(12-10-33)28(35)32-29-17-22-13-23(18-29)15-24(14-22)19-29/h4-8,22-24H,3,9-19H2,1-2H3,(H,32,35). The minimum atomic E-state index is 0.0750. The van der Waals surface area contributed by atoms with Crippen LogP contribution in [0.15, 0.2) is 30.3 Å². The van der Waals surface area contributed by atoms with Crippen LogP contribution in [0.1, 0.15) is 68.1 Å². The van der Waals surface area contributed by atoms with Crippen molar-refractivity contribution in [1.29, 1.82) is 0 Å². The molecule has 0 atom stereocenters. The fourth-order valence-electron chi connectivity index (χ4n) is 7.86. The second-order valence-corrected chi connectivity index (χ2v) is 11.6. The van der Waals surface area contributed by atoms with Gasteiger partial charge < -0.3 is 15.1 Å². The number of carbonyl (C=O) groups is 1. The van der Waals surface area contributed by atoms with Gasteiger partial charge in [0, 0.05) is 49.4 Å². The molecule has 0 spiro atoms. The first kappa shape index (κ1) is 22.8. The van der Waals surface area contributed by atoms with Crippen molar-refractivity contribution in [3.8, 4) is 0 Å². The molecule has 35 heavy (non-hydrogen) atoms. The zero-order valence-electron chi connectivity index (χ0n) is 21.3. The third kappa shape index (κ3) is 4.52. The van der Waals surface area contributed by atoms with Crippen molar-refractivity contribution in [3.63, 3.8) is 0 Å².